The zero-order valence-electron chi connectivity index (χ0n) is 11.9. The van der Waals surface area contributed by atoms with Gasteiger partial charge in [-0.1, -0.05) is 25.3 Å². The molecule has 1 aromatic rings. The third kappa shape index (κ3) is 4.20. The number of aryl methyl sites for hydroxylation is 1. The molecular formula is C15H22N2O3. The number of hydrogen-bond donors (Lipinski definition) is 1. The minimum Gasteiger partial charge on any atom is -0.383 e. The quantitative estimate of drug-likeness (QED) is 0.490. The standard InChI is InChI=1S/C15H22N2O3/c1-12-7-8-13(11-15(12)17(18)19)16-9-10-20-14-5-3-2-4-6-14/h7-8,11,14,16H,2-6,9-10H2,1H3. The average molecular weight is 278 g/mol. The predicted molar refractivity (Wildman–Crippen MR) is 79.1 cm³/mol. The Bertz CT molecular complexity index is 456. The first kappa shape index (κ1) is 14.8. The van der Waals surface area contributed by atoms with Gasteiger partial charge in [0.15, 0.2) is 0 Å². The molecule has 1 aliphatic rings. The van der Waals surface area contributed by atoms with Gasteiger partial charge in [-0.05, 0) is 25.8 Å². The maximum atomic E-state index is 10.9. The van der Waals surface area contributed by atoms with Crippen molar-refractivity contribution >= 4 is 11.4 Å². The number of anilines is 1. The number of nitro groups is 1. The van der Waals surface area contributed by atoms with Gasteiger partial charge in [0, 0.05) is 23.9 Å². The van der Waals surface area contributed by atoms with Crippen molar-refractivity contribution in [3.63, 3.8) is 0 Å². The molecule has 1 saturated carbocycles. The monoisotopic (exact) mass is 278 g/mol. The summed E-state index contributed by atoms with van der Waals surface area (Å²) in [6, 6.07) is 5.21. The van der Waals surface area contributed by atoms with Gasteiger partial charge in [-0.15, -0.1) is 0 Å². The third-order valence-corrected chi connectivity index (χ3v) is 3.74. The molecule has 0 heterocycles. The van der Waals surface area contributed by atoms with Crippen LogP contribution in [0.1, 0.15) is 37.7 Å². The van der Waals surface area contributed by atoms with Crippen LogP contribution in [0.4, 0.5) is 11.4 Å². The highest BCUT2D eigenvalue weighted by Gasteiger charge is 2.13. The fourth-order valence-corrected chi connectivity index (χ4v) is 2.57. The molecule has 0 unspecified atom stereocenters. The van der Waals surface area contributed by atoms with Crippen LogP contribution < -0.4 is 5.32 Å². The van der Waals surface area contributed by atoms with E-state index in [-0.39, 0.29) is 10.6 Å². The van der Waals surface area contributed by atoms with Gasteiger partial charge in [0.2, 0.25) is 0 Å². The van der Waals surface area contributed by atoms with E-state index in [2.05, 4.69) is 5.32 Å². The number of nitrogens with zero attached hydrogens (tertiary/aromatic N) is 1. The fraction of sp³-hybridized carbons (Fsp3) is 0.600. The molecule has 0 bridgehead atoms. The van der Waals surface area contributed by atoms with E-state index in [9.17, 15) is 10.1 Å². The van der Waals surface area contributed by atoms with Gasteiger partial charge in [0.05, 0.1) is 17.6 Å². The zero-order chi connectivity index (χ0) is 14.4. The van der Waals surface area contributed by atoms with Crippen LogP contribution in [0.5, 0.6) is 0 Å². The van der Waals surface area contributed by atoms with Crippen molar-refractivity contribution in [2.24, 2.45) is 0 Å². The molecule has 110 valence electrons. The van der Waals surface area contributed by atoms with E-state index < -0.39 is 0 Å². The van der Waals surface area contributed by atoms with Gasteiger partial charge < -0.3 is 10.1 Å². The summed E-state index contributed by atoms with van der Waals surface area (Å²) in [5, 5.41) is 14.0. The van der Waals surface area contributed by atoms with Crippen molar-refractivity contribution in [3.8, 4) is 0 Å². The van der Waals surface area contributed by atoms with Crippen molar-refractivity contribution in [1.82, 2.24) is 0 Å². The van der Waals surface area contributed by atoms with Crippen LogP contribution in [0.3, 0.4) is 0 Å². The number of benzene rings is 1. The molecule has 0 atom stereocenters. The second-order valence-corrected chi connectivity index (χ2v) is 5.32. The Morgan fingerprint density at radius 2 is 2.10 bits per heavy atom. The summed E-state index contributed by atoms with van der Waals surface area (Å²) in [6.07, 6.45) is 6.58. The molecule has 5 heteroatoms. The van der Waals surface area contributed by atoms with Crippen molar-refractivity contribution in [2.45, 2.75) is 45.1 Å². The molecule has 0 aliphatic heterocycles. The van der Waals surface area contributed by atoms with E-state index in [0.29, 0.717) is 24.8 Å². The molecule has 1 aliphatic carbocycles. The van der Waals surface area contributed by atoms with Gasteiger partial charge in [0.1, 0.15) is 0 Å². The molecule has 2 rings (SSSR count). The lowest BCUT2D eigenvalue weighted by Gasteiger charge is -2.22. The molecule has 0 spiro atoms. The summed E-state index contributed by atoms with van der Waals surface area (Å²) >= 11 is 0. The maximum Gasteiger partial charge on any atom is 0.274 e. The number of nitrogens with one attached hydrogen (secondary N) is 1. The van der Waals surface area contributed by atoms with Gasteiger partial charge >= 0.3 is 0 Å². The molecule has 5 nitrogen and oxygen atoms in total. The van der Waals surface area contributed by atoms with Crippen molar-refractivity contribution in [3.05, 3.63) is 33.9 Å². The topological polar surface area (TPSA) is 64.4 Å². The summed E-state index contributed by atoms with van der Waals surface area (Å²) in [7, 11) is 0. The van der Waals surface area contributed by atoms with Crippen molar-refractivity contribution in [1.29, 1.82) is 0 Å². The van der Waals surface area contributed by atoms with Crippen LogP contribution >= 0.6 is 0 Å². The summed E-state index contributed by atoms with van der Waals surface area (Å²) in [6.45, 7) is 3.07. The van der Waals surface area contributed by atoms with Gasteiger partial charge in [-0.2, -0.15) is 0 Å². The van der Waals surface area contributed by atoms with Crippen LogP contribution in [0, 0.1) is 17.0 Å². The Morgan fingerprint density at radius 1 is 1.35 bits per heavy atom. The third-order valence-electron chi connectivity index (χ3n) is 3.74. The lowest BCUT2D eigenvalue weighted by molar-refractivity contribution is -0.385. The molecule has 20 heavy (non-hydrogen) atoms. The molecule has 0 radical (unpaired) electrons. The largest absolute Gasteiger partial charge is 0.383 e. The van der Waals surface area contributed by atoms with Gasteiger partial charge in [-0.25, -0.2) is 0 Å². The predicted octanol–water partition coefficient (Wildman–Crippen LogP) is 3.66. The van der Waals surface area contributed by atoms with E-state index in [1.165, 1.54) is 19.3 Å². The minimum absolute atomic E-state index is 0.156. The van der Waals surface area contributed by atoms with E-state index in [1.54, 1.807) is 19.1 Å². The van der Waals surface area contributed by atoms with Crippen LogP contribution in [0.15, 0.2) is 18.2 Å². The minimum atomic E-state index is -0.348. The second kappa shape index (κ2) is 7.24. The normalized spacial score (nSPS) is 16.1. The molecule has 0 amide bonds. The Balaban J connectivity index is 1.76. The number of rotatable bonds is 6. The molecule has 1 aromatic carbocycles. The highest BCUT2D eigenvalue weighted by Crippen LogP contribution is 2.22. The van der Waals surface area contributed by atoms with E-state index in [1.807, 2.05) is 6.07 Å². The van der Waals surface area contributed by atoms with Gasteiger partial charge in [-0.3, -0.25) is 10.1 Å². The van der Waals surface area contributed by atoms with Crippen LogP contribution in [0.25, 0.3) is 0 Å². The lowest BCUT2D eigenvalue weighted by atomic mass is 9.98. The first-order valence-electron chi connectivity index (χ1n) is 7.27. The van der Waals surface area contributed by atoms with Crippen LogP contribution in [-0.2, 0) is 4.74 Å². The smallest absolute Gasteiger partial charge is 0.274 e. The molecular weight excluding hydrogens is 256 g/mol. The van der Waals surface area contributed by atoms with Crippen LogP contribution in [-0.4, -0.2) is 24.2 Å². The Morgan fingerprint density at radius 3 is 2.80 bits per heavy atom. The summed E-state index contributed by atoms with van der Waals surface area (Å²) in [5.74, 6) is 0. The van der Waals surface area contributed by atoms with Gasteiger partial charge in [0.25, 0.3) is 5.69 Å². The lowest BCUT2D eigenvalue weighted by Crippen LogP contribution is -2.20. The van der Waals surface area contributed by atoms with E-state index in [0.717, 1.165) is 18.5 Å². The Labute approximate surface area is 119 Å². The van der Waals surface area contributed by atoms with E-state index in [4.69, 9.17) is 4.74 Å². The highest BCUT2D eigenvalue weighted by atomic mass is 16.6. The van der Waals surface area contributed by atoms with Crippen molar-refractivity contribution in [2.75, 3.05) is 18.5 Å². The number of hydrogen-bond acceptors (Lipinski definition) is 4. The highest BCUT2D eigenvalue weighted by molar-refractivity contribution is 5.54. The number of nitro benzene ring substituents is 1. The maximum absolute atomic E-state index is 10.9. The van der Waals surface area contributed by atoms with Crippen LogP contribution in [0.2, 0.25) is 0 Å². The average Bonchev–Trinajstić information content (AvgIpc) is 2.46. The summed E-state index contributed by atoms with van der Waals surface area (Å²) < 4.78 is 5.81. The SMILES string of the molecule is Cc1ccc(NCCOC2CCCCC2)cc1[N+](=O)[O-]. The first-order valence-corrected chi connectivity index (χ1v) is 7.27. The fourth-order valence-electron chi connectivity index (χ4n) is 2.57. The Kier molecular flexibility index (Phi) is 5.35. The molecule has 1 fully saturated rings. The second-order valence-electron chi connectivity index (χ2n) is 5.32. The first-order chi connectivity index (χ1) is 9.66. The van der Waals surface area contributed by atoms with E-state index >= 15 is 0 Å². The summed E-state index contributed by atoms with van der Waals surface area (Å²) in [5.41, 5.74) is 1.61. The number of ether oxygens (including phenoxy) is 1. The summed E-state index contributed by atoms with van der Waals surface area (Å²) in [4.78, 5) is 10.5. The zero-order valence-corrected chi connectivity index (χ0v) is 11.9. The molecule has 1 N–H and O–H groups in total. The molecule has 0 saturated heterocycles. The van der Waals surface area contributed by atoms with Crippen molar-refractivity contribution < 1.29 is 9.66 Å². The Hall–Kier alpha value is -1.62. The molecule has 0 aromatic heterocycles.